The van der Waals surface area contributed by atoms with E-state index in [0.29, 0.717) is 23.8 Å². The number of nitrogens with two attached hydrogens (primary N) is 1. The Morgan fingerprint density at radius 1 is 1.00 bits per heavy atom. The summed E-state index contributed by atoms with van der Waals surface area (Å²) in [6.45, 7) is 1.96. The lowest BCUT2D eigenvalue weighted by molar-refractivity contribution is 0.355. The number of aryl methyl sites for hydroxylation is 1. The fourth-order valence-electron chi connectivity index (χ4n) is 2.71. The Kier molecular flexibility index (Phi) is 4.02. The van der Waals surface area contributed by atoms with E-state index in [1.54, 1.807) is 20.4 Å². The summed E-state index contributed by atoms with van der Waals surface area (Å²) in [4.78, 5) is 8.77. The van der Waals surface area contributed by atoms with Crippen LogP contribution in [0.5, 0.6) is 11.5 Å². The van der Waals surface area contributed by atoms with Crippen molar-refractivity contribution in [1.29, 1.82) is 0 Å². The molecular weight excluding hydrogens is 290 g/mol. The molecule has 23 heavy (non-hydrogen) atoms. The normalized spacial score (nSPS) is 14.0. The number of aromatic nitrogens is 1. The zero-order chi connectivity index (χ0) is 16.4. The number of amidine groups is 1. The van der Waals surface area contributed by atoms with Gasteiger partial charge in [-0.15, -0.1) is 0 Å². The third-order valence-electron chi connectivity index (χ3n) is 3.80. The molecule has 0 unspecified atom stereocenters. The van der Waals surface area contributed by atoms with Crippen LogP contribution in [0.4, 0.5) is 0 Å². The Hall–Kier alpha value is -2.82. The van der Waals surface area contributed by atoms with Crippen molar-refractivity contribution in [2.75, 3.05) is 14.2 Å². The summed E-state index contributed by atoms with van der Waals surface area (Å²) in [6.07, 6.45) is 2.40. The Bertz CT molecular complexity index is 810. The molecule has 118 valence electrons. The monoisotopic (exact) mass is 309 g/mol. The maximum absolute atomic E-state index is 5.99. The van der Waals surface area contributed by atoms with Crippen LogP contribution in [0.15, 0.2) is 41.5 Å². The molecule has 2 N–H and O–H groups in total. The minimum atomic E-state index is 0.610. The van der Waals surface area contributed by atoms with Crippen LogP contribution in [-0.4, -0.2) is 25.0 Å². The van der Waals surface area contributed by atoms with Gasteiger partial charge in [0.05, 0.1) is 19.9 Å². The summed E-state index contributed by atoms with van der Waals surface area (Å²) < 4.78 is 10.7. The topological polar surface area (TPSA) is 69.7 Å². The second-order valence-corrected chi connectivity index (χ2v) is 5.36. The number of rotatable bonds is 4. The maximum atomic E-state index is 5.99. The molecule has 2 heterocycles. The third kappa shape index (κ3) is 2.90. The summed E-state index contributed by atoms with van der Waals surface area (Å²) in [5.41, 5.74) is 10.9. The highest BCUT2D eigenvalue weighted by molar-refractivity contribution is 6.08. The van der Waals surface area contributed by atoms with Gasteiger partial charge in [-0.1, -0.05) is 6.07 Å². The van der Waals surface area contributed by atoms with E-state index >= 15 is 0 Å². The fraction of sp³-hybridized carbons (Fsp3) is 0.222. The second-order valence-electron chi connectivity index (χ2n) is 5.36. The molecule has 5 nitrogen and oxygen atoms in total. The molecule has 1 aromatic heterocycles. The van der Waals surface area contributed by atoms with E-state index in [4.69, 9.17) is 15.2 Å². The van der Waals surface area contributed by atoms with Crippen LogP contribution < -0.4 is 15.2 Å². The summed E-state index contributed by atoms with van der Waals surface area (Å²) in [5, 5.41) is 0. The maximum Gasteiger partial charge on any atom is 0.161 e. The minimum Gasteiger partial charge on any atom is -0.493 e. The van der Waals surface area contributed by atoms with Crippen molar-refractivity contribution in [2.45, 2.75) is 13.3 Å². The van der Waals surface area contributed by atoms with Crippen LogP contribution in [0.2, 0.25) is 0 Å². The molecule has 2 aromatic rings. The first-order chi connectivity index (χ1) is 11.1. The zero-order valence-electron chi connectivity index (χ0n) is 13.5. The van der Waals surface area contributed by atoms with Gasteiger partial charge in [0.15, 0.2) is 11.5 Å². The van der Waals surface area contributed by atoms with E-state index in [2.05, 4.69) is 9.98 Å². The van der Waals surface area contributed by atoms with Crippen molar-refractivity contribution in [2.24, 2.45) is 10.7 Å². The number of aliphatic imine (C=N–C) groups is 1. The lowest BCUT2D eigenvalue weighted by atomic mass is 9.98. The molecule has 0 aliphatic carbocycles. The van der Waals surface area contributed by atoms with Gasteiger partial charge in [-0.05, 0) is 42.3 Å². The molecule has 1 aliphatic heterocycles. The smallest absolute Gasteiger partial charge is 0.161 e. The van der Waals surface area contributed by atoms with Gasteiger partial charge in [0, 0.05) is 23.9 Å². The molecule has 0 saturated heterocycles. The number of methoxy groups -OCH3 is 2. The standard InChI is InChI=1S/C18H19N3O2/c1-11-8-13(6-7-20-11)18-14(10-17(19)21-18)12-4-5-15(22-2)16(9-12)23-3/h4-9H,10H2,1-3H3,(H2,19,21). The molecule has 5 heteroatoms. The Morgan fingerprint density at radius 3 is 2.48 bits per heavy atom. The number of hydrogen-bond acceptors (Lipinski definition) is 5. The number of hydrogen-bond donors (Lipinski definition) is 1. The summed E-state index contributed by atoms with van der Waals surface area (Å²) in [5.74, 6) is 2.00. The van der Waals surface area contributed by atoms with Crippen molar-refractivity contribution in [3.05, 3.63) is 53.3 Å². The van der Waals surface area contributed by atoms with Gasteiger partial charge < -0.3 is 15.2 Å². The molecular formula is C18H19N3O2. The fourth-order valence-corrected chi connectivity index (χ4v) is 2.71. The minimum absolute atomic E-state index is 0.610. The van der Waals surface area contributed by atoms with Crippen molar-refractivity contribution >= 4 is 17.1 Å². The molecule has 0 radical (unpaired) electrons. The Morgan fingerprint density at radius 2 is 1.78 bits per heavy atom. The van der Waals surface area contributed by atoms with Gasteiger partial charge in [-0.3, -0.25) is 4.98 Å². The highest BCUT2D eigenvalue weighted by Crippen LogP contribution is 2.38. The number of nitrogens with zero attached hydrogens (tertiary/aromatic N) is 2. The van der Waals surface area contributed by atoms with Crippen molar-refractivity contribution in [3.63, 3.8) is 0 Å². The predicted molar refractivity (Wildman–Crippen MR) is 91.6 cm³/mol. The van der Waals surface area contributed by atoms with Crippen LogP contribution in [-0.2, 0) is 0 Å². The molecule has 0 bridgehead atoms. The third-order valence-corrected chi connectivity index (χ3v) is 3.80. The first-order valence-corrected chi connectivity index (χ1v) is 7.34. The molecule has 0 fully saturated rings. The molecule has 3 rings (SSSR count). The van der Waals surface area contributed by atoms with Crippen molar-refractivity contribution in [3.8, 4) is 11.5 Å². The van der Waals surface area contributed by atoms with E-state index in [0.717, 1.165) is 28.1 Å². The Labute approximate surface area is 135 Å². The van der Waals surface area contributed by atoms with Crippen molar-refractivity contribution < 1.29 is 9.47 Å². The lowest BCUT2D eigenvalue weighted by Crippen LogP contribution is -2.07. The second kappa shape index (κ2) is 6.12. The molecule has 1 aliphatic rings. The van der Waals surface area contributed by atoms with E-state index in [9.17, 15) is 0 Å². The van der Waals surface area contributed by atoms with Crippen LogP contribution in [0.3, 0.4) is 0 Å². The van der Waals surface area contributed by atoms with E-state index in [1.165, 1.54) is 0 Å². The molecule has 0 saturated carbocycles. The van der Waals surface area contributed by atoms with Gasteiger partial charge >= 0.3 is 0 Å². The number of ether oxygens (including phenoxy) is 2. The van der Waals surface area contributed by atoms with Crippen LogP contribution in [0.25, 0.3) is 11.3 Å². The quantitative estimate of drug-likeness (QED) is 0.942. The van der Waals surface area contributed by atoms with Gasteiger partial charge in [0.2, 0.25) is 0 Å². The Balaban J connectivity index is 2.11. The van der Waals surface area contributed by atoms with E-state index in [1.807, 2.05) is 37.3 Å². The lowest BCUT2D eigenvalue weighted by Gasteiger charge is -2.11. The van der Waals surface area contributed by atoms with E-state index < -0.39 is 0 Å². The highest BCUT2D eigenvalue weighted by Gasteiger charge is 2.20. The molecule has 0 spiro atoms. The van der Waals surface area contributed by atoms with E-state index in [-0.39, 0.29) is 0 Å². The summed E-state index contributed by atoms with van der Waals surface area (Å²) in [6, 6.07) is 9.81. The largest absolute Gasteiger partial charge is 0.493 e. The van der Waals surface area contributed by atoms with Gasteiger partial charge in [-0.2, -0.15) is 0 Å². The van der Waals surface area contributed by atoms with Crippen LogP contribution >= 0.6 is 0 Å². The molecule has 1 aromatic carbocycles. The average Bonchev–Trinajstić information content (AvgIpc) is 2.96. The first kappa shape index (κ1) is 15.1. The van der Waals surface area contributed by atoms with Gasteiger partial charge in [0.1, 0.15) is 5.84 Å². The van der Waals surface area contributed by atoms with Gasteiger partial charge in [-0.25, -0.2) is 4.99 Å². The predicted octanol–water partition coefficient (Wildman–Crippen LogP) is 3.04. The number of benzene rings is 1. The highest BCUT2D eigenvalue weighted by atomic mass is 16.5. The molecule has 0 atom stereocenters. The molecule has 0 amide bonds. The first-order valence-electron chi connectivity index (χ1n) is 7.34. The summed E-state index contributed by atoms with van der Waals surface area (Å²) in [7, 11) is 3.25. The average molecular weight is 309 g/mol. The summed E-state index contributed by atoms with van der Waals surface area (Å²) >= 11 is 0. The zero-order valence-corrected chi connectivity index (χ0v) is 13.5. The number of pyridine rings is 1. The van der Waals surface area contributed by atoms with Gasteiger partial charge in [0.25, 0.3) is 0 Å². The van der Waals surface area contributed by atoms with Crippen LogP contribution in [0.1, 0.15) is 23.2 Å². The van der Waals surface area contributed by atoms with Crippen LogP contribution in [0, 0.1) is 6.92 Å². The van der Waals surface area contributed by atoms with Crippen molar-refractivity contribution in [1.82, 2.24) is 4.98 Å². The SMILES string of the molecule is COc1ccc(C2=C(c3ccnc(C)c3)N=C(N)C2)cc1OC.